The molecule has 0 aliphatic carbocycles. The number of amides is 1. The zero-order valence-corrected chi connectivity index (χ0v) is 11.8. The molecule has 1 atom stereocenters. The van der Waals surface area contributed by atoms with E-state index in [1.165, 1.54) is 5.56 Å². The Bertz CT molecular complexity index is 494. The molecule has 0 aromatic heterocycles. The second kappa shape index (κ2) is 5.43. The van der Waals surface area contributed by atoms with Crippen molar-refractivity contribution in [2.75, 3.05) is 0 Å². The van der Waals surface area contributed by atoms with E-state index < -0.39 is 0 Å². The second-order valence-electron chi connectivity index (χ2n) is 5.94. The third-order valence-corrected chi connectivity index (χ3v) is 3.24. The van der Waals surface area contributed by atoms with Gasteiger partial charge in [-0.1, -0.05) is 63.3 Å². The lowest BCUT2D eigenvalue weighted by Gasteiger charge is -2.23. The first-order valence-corrected chi connectivity index (χ1v) is 6.71. The SMILES string of the molecule is CC(C)(C)C(=O)N1C=CCC(c2ccccc2)C=C1. The third kappa shape index (κ3) is 3.34. The van der Waals surface area contributed by atoms with E-state index in [9.17, 15) is 4.79 Å². The smallest absolute Gasteiger partial charge is 0.235 e. The van der Waals surface area contributed by atoms with Crippen LogP contribution in [-0.2, 0) is 4.79 Å². The van der Waals surface area contributed by atoms with Crippen LogP contribution in [0.5, 0.6) is 0 Å². The molecule has 100 valence electrons. The van der Waals surface area contributed by atoms with Crippen LogP contribution in [0.2, 0.25) is 0 Å². The molecule has 1 aliphatic heterocycles. The highest BCUT2D eigenvalue weighted by Gasteiger charge is 2.25. The molecule has 0 saturated heterocycles. The van der Waals surface area contributed by atoms with Gasteiger partial charge in [-0.25, -0.2) is 0 Å². The molecule has 1 aromatic carbocycles. The summed E-state index contributed by atoms with van der Waals surface area (Å²) in [4.78, 5) is 13.9. The van der Waals surface area contributed by atoms with Gasteiger partial charge in [0.15, 0.2) is 0 Å². The van der Waals surface area contributed by atoms with Crippen molar-refractivity contribution in [1.82, 2.24) is 4.90 Å². The van der Waals surface area contributed by atoms with Crippen molar-refractivity contribution < 1.29 is 4.79 Å². The van der Waals surface area contributed by atoms with Gasteiger partial charge < -0.3 is 0 Å². The predicted octanol–water partition coefficient (Wildman–Crippen LogP) is 4.08. The average molecular weight is 255 g/mol. The van der Waals surface area contributed by atoms with E-state index >= 15 is 0 Å². The summed E-state index contributed by atoms with van der Waals surface area (Å²) in [6.45, 7) is 5.82. The first kappa shape index (κ1) is 13.6. The Hall–Kier alpha value is -1.83. The number of carbonyl (C=O) groups is 1. The molecule has 19 heavy (non-hydrogen) atoms. The lowest BCUT2D eigenvalue weighted by atomic mass is 9.95. The number of hydrogen-bond donors (Lipinski definition) is 0. The van der Waals surface area contributed by atoms with Crippen molar-refractivity contribution >= 4 is 5.91 Å². The minimum atomic E-state index is -0.360. The quantitative estimate of drug-likeness (QED) is 0.740. The molecule has 0 fully saturated rings. The van der Waals surface area contributed by atoms with Gasteiger partial charge in [-0.2, -0.15) is 0 Å². The number of nitrogens with zero attached hydrogens (tertiary/aromatic N) is 1. The predicted molar refractivity (Wildman–Crippen MR) is 78.4 cm³/mol. The highest BCUT2D eigenvalue weighted by molar-refractivity contribution is 5.83. The van der Waals surface area contributed by atoms with Crippen molar-refractivity contribution in [2.45, 2.75) is 33.1 Å². The van der Waals surface area contributed by atoms with Gasteiger partial charge in [-0.15, -0.1) is 0 Å². The molecule has 0 saturated carbocycles. The molecule has 2 rings (SSSR count). The van der Waals surface area contributed by atoms with Crippen LogP contribution < -0.4 is 0 Å². The fourth-order valence-electron chi connectivity index (χ4n) is 2.12. The lowest BCUT2D eigenvalue weighted by molar-refractivity contribution is -0.134. The van der Waals surface area contributed by atoms with Crippen molar-refractivity contribution in [3.63, 3.8) is 0 Å². The van der Waals surface area contributed by atoms with Gasteiger partial charge in [0.1, 0.15) is 0 Å². The maximum Gasteiger partial charge on any atom is 0.235 e. The zero-order valence-electron chi connectivity index (χ0n) is 11.8. The van der Waals surface area contributed by atoms with Gasteiger partial charge >= 0.3 is 0 Å². The monoisotopic (exact) mass is 255 g/mol. The molecule has 1 aliphatic rings. The highest BCUT2D eigenvalue weighted by atomic mass is 16.2. The van der Waals surface area contributed by atoms with E-state index in [0.717, 1.165) is 6.42 Å². The highest BCUT2D eigenvalue weighted by Crippen LogP contribution is 2.26. The lowest BCUT2D eigenvalue weighted by Crippen LogP contribution is -2.32. The molecule has 2 nitrogen and oxygen atoms in total. The fraction of sp³-hybridized carbons (Fsp3) is 0.353. The molecule has 1 heterocycles. The van der Waals surface area contributed by atoms with Crippen LogP contribution in [0.25, 0.3) is 0 Å². The van der Waals surface area contributed by atoms with E-state index in [0.29, 0.717) is 5.92 Å². The van der Waals surface area contributed by atoms with Crippen molar-refractivity contribution in [3.05, 3.63) is 60.4 Å². The molecule has 0 radical (unpaired) electrons. The summed E-state index contributed by atoms with van der Waals surface area (Å²) in [5.74, 6) is 0.462. The van der Waals surface area contributed by atoms with E-state index in [4.69, 9.17) is 0 Å². The number of benzene rings is 1. The molecule has 1 unspecified atom stereocenters. The molecule has 0 bridgehead atoms. The second-order valence-corrected chi connectivity index (χ2v) is 5.94. The number of rotatable bonds is 1. The normalized spacial score (nSPS) is 19.3. The molecule has 1 aromatic rings. The Labute approximate surface area is 115 Å². The molecular weight excluding hydrogens is 234 g/mol. The summed E-state index contributed by atoms with van der Waals surface area (Å²) in [6, 6.07) is 10.4. The molecule has 2 heteroatoms. The summed E-state index contributed by atoms with van der Waals surface area (Å²) in [5.41, 5.74) is 0.926. The summed E-state index contributed by atoms with van der Waals surface area (Å²) in [7, 11) is 0. The van der Waals surface area contributed by atoms with Gasteiger partial charge in [0.2, 0.25) is 5.91 Å². The fourth-order valence-corrected chi connectivity index (χ4v) is 2.12. The van der Waals surface area contributed by atoms with Crippen LogP contribution in [-0.4, -0.2) is 10.8 Å². The molecule has 0 N–H and O–H groups in total. The molecular formula is C17H21NO. The van der Waals surface area contributed by atoms with E-state index in [1.807, 2.05) is 39.2 Å². The van der Waals surface area contributed by atoms with Crippen LogP contribution in [0.15, 0.2) is 54.9 Å². The van der Waals surface area contributed by atoms with Gasteiger partial charge in [0.05, 0.1) is 0 Å². The maximum atomic E-state index is 12.2. The topological polar surface area (TPSA) is 20.3 Å². The average Bonchev–Trinajstić information content (AvgIpc) is 2.63. The van der Waals surface area contributed by atoms with Gasteiger partial charge in [-0.05, 0) is 12.0 Å². The van der Waals surface area contributed by atoms with Crippen LogP contribution in [0.4, 0.5) is 0 Å². The summed E-state index contributed by atoms with van der Waals surface area (Å²) in [6.07, 6.45) is 8.89. The maximum absolute atomic E-state index is 12.2. The zero-order chi connectivity index (χ0) is 13.9. The van der Waals surface area contributed by atoms with Crippen LogP contribution in [0.3, 0.4) is 0 Å². The van der Waals surface area contributed by atoms with Crippen LogP contribution >= 0.6 is 0 Å². The molecule has 0 spiro atoms. The third-order valence-electron chi connectivity index (χ3n) is 3.24. The first-order valence-electron chi connectivity index (χ1n) is 6.71. The summed E-state index contributed by atoms with van der Waals surface area (Å²) >= 11 is 0. The number of allylic oxidation sites excluding steroid dienone is 2. The Morgan fingerprint density at radius 1 is 1.16 bits per heavy atom. The van der Waals surface area contributed by atoms with Gasteiger partial charge in [-0.3, -0.25) is 9.69 Å². The van der Waals surface area contributed by atoms with Gasteiger partial charge in [0, 0.05) is 23.7 Å². The van der Waals surface area contributed by atoms with Gasteiger partial charge in [0.25, 0.3) is 0 Å². The standard InChI is InChI=1S/C17H21NO/c1-17(2,3)16(19)18-12-7-10-15(11-13-18)14-8-5-4-6-9-14/h4-9,11-13,15H,10H2,1-3H3. The minimum Gasteiger partial charge on any atom is -0.295 e. The van der Waals surface area contributed by atoms with Crippen molar-refractivity contribution in [3.8, 4) is 0 Å². The first-order chi connectivity index (χ1) is 8.98. The molecule has 1 amide bonds. The Kier molecular flexibility index (Phi) is 3.89. The van der Waals surface area contributed by atoms with Crippen LogP contribution in [0, 0.1) is 5.41 Å². The number of hydrogen-bond acceptors (Lipinski definition) is 1. The van der Waals surface area contributed by atoms with E-state index in [1.54, 1.807) is 4.90 Å². The number of carbonyl (C=O) groups excluding carboxylic acids is 1. The van der Waals surface area contributed by atoms with Crippen molar-refractivity contribution in [1.29, 1.82) is 0 Å². The Balaban J connectivity index is 2.17. The van der Waals surface area contributed by atoms with Crippen LogP contribution in [0.1, 0.15) is 38.7 Å². The Morgan fingerprint density at radius 2 is 1.84 bits per heavy atom. The van der Waals surface area contributed by atoms with Crippen molar-refractivity contribution in [2.24, 2.45) is 5.41 Å². The summed E-state index contributed by atoms with van der Waals surface area (Å²) in [5, 5.41) is 0. The van der Waals surface area contributed by atoms with E-state index in [-0.39, 0.29) is 11.3 Å². The Morgan fingerprint density at radius 3 is 2.47 bits per heavy atom. The summed E-state index contributed by atoms with van der Waals surface area (Å²) < 4.78 is 0. The minimum absolute atomic E-state index is 0.119. The largest absolute Gasteiger partial charge is 0.295 e. The van der Waals surface area contributed by atoms with E-state index in [2.05, 4.69) is 36.4 Å².